The zero-order valence-electron chi connectivity index (χ0n) is 14.0. The van der Waals surface area contributed by atoms with E-state index in [1.165, 1.54) is 12.1 Å². The fourth-order valence-electron chi connectivity index (χ4n) is 2.55. The van der Waals surface area contributed by atoms with Crippen molar-refractivity contribution in [1.29, 1.82) is 0 Å². The second-order valence-corrected chi connectivity index (χ2v) is 7.19. The molecule has 26 heavy (non-hydrogen) atoms. The van der Waals surface area contributed by atoms with Crippen molar-refractivity contribution in [2.45, 2.75) is 4.90 Å². The molecular weight excluding hydrogens is 350 g/mol. The lowest BCUT2D eigenvalue weighted by atomic mass is 10.1. The van der Waals surface area contributed by atoms with Gasteiger partial charge in [0, 0.05) is 29.5 Å². The molecule has 0 saturated heterocycles. The van der Waals surface area contributed by atoms with Gasteiger partial charge >= 0.3 is 0 Å². The molecule has 0 aliphatic heterocycles. The van der Waals surface area contributed by atoms with Gasteiger partial charge in [-0.2, -0.15) is 5.11 Å². The third kappa shape index (κ3) is 4.05. The largest absolute Gasteiger partial charge is 0.383 e. The van der Waals surface area contributed by atoms with Gasteiger partial charge in [-0.15, -0.1) is 5.11 Å². The minimum Gasteiger partial charge on any atom is -0.383 e. The van der Waals surface area contributed by atoms with Crippen molar-refractivity contribution in [3.05, 3.63) is 60.7 Å². The Hall–Kier alpha value is -2.81. The molecular formula is C18H19N5O2S. The Morgan fingerprint density at radius 1 is 0.885 bits per heavy atom. The number of nitrogens with one attached hydrogen (secondary N) is 1. The lowest BCUT2D eigenvalue weighted by molar-refractivity contribution is 0.598. The topological polar surface area (TPSA) is 123 Å². The first-order valence-electron chi connectivity index (χ1n) is 7.99. The smallest absolute Gasteiger partial charge is 0.238 e. The van der Waals surface area contributed by atoms with Crippen molar-refractivity contribution >= 4 is 37.9 Å². The van der Waals surface area contributed by atoms with Gasteiger partial charge in [-0.05, 0) is 36.4 Å². The quantitative estimate of drug-likeness (QED) is 0.577. The van der Waals surface area contributed by atoms with E-state index in [1.807, 2.05) is 36.4 Å². The van der Waals surface area contributed by atoms with E-state index in [2.05, 4.69) is 15.5 Å². The van der Waals surface area contributed by atoms with Crippen molar-refractivity contribution in [2.24, 2.45) is 21.1 Å². The normalized spacial score (nSPS) is 11.9. The van der Waals surface area contributed by atoms with Gasteiger partial charge in [0.05, 0.1) is 16.3 Å². The number of nitrogens with zero attached hydrogens (tertiary/aromatic N) is 2. The van der Waals surface area contributed by atoms with Crippen molar-refractivity contribution in [1.82, 2.24) is 0 Å². The van der Waals surface area contributed by atoms with E-state index in [0.29, 0.717) is 18.8 Å². The summed E-state index contributed by atoms with van der Waals surface area (Å²) in [5.41, 5.74) is 7.80. The predicted molar refractivity (Wildman–Crippen MR) is 103 cm³/mol. The Labute approximate surface area is 151 Å². The number of fused-ring (bicyclic) bond motifs is 1. The molecule has 0 fully saturated rings. The van der Waals surface area contributed by atoms with Crippen LogP contribution in [0.4, 0.5) is 17.1 Å². The van der Waals surface area contributed by atoms with Crippen LogP contribution in [0.5, 0.6) is 0 Å². The van der Waals surface area contributed by atoms with Crippen molar-refractivity contribution in [3.8, 4) is 0 Å². The zero-order valence-corrected chi connectivity index (χ0v) is 14.8. The first-order chi connectivity index (χ1) is 12.5. The van der Waals surface area contributed by atoms with Gasteiger partial charge in [-0.3, -0.25) is 0 Å². The molecule has 0 radical (unpaired) electrons. The van der Waals surface area contributed by atoms with Gasteiger partial charge in [0.1, 0.15) is 0 Å². The van der Waals surface area contributed by atoms with Crippen LogP contribution < -0.4 is 16.2 Å². The van der Waals surface area contributed by atoms with Gasteiger partial charge in [-0.25, -0.2) is 13.6 Å². The van der Waals surface area contributed by atoms with E-state index in [0.717, 1.165) is 22.1 Å². The van der Waals surface area contributed by atoms with Crippen LogP contribution in [0.3, 0.4) is 0 Å². The lowest BCUT2D eigenvalue weighted by Gasteiger charge is -2.10. The van der Waals surface area contributed by atoms with E-state index in [9.17, 15) is 8.42 Å². The van der Waals surface area contributed by atoms with Gasteiger partial charge in [0.25, 0.3) is 0 Å². The van der Waals surface area contributed by atoms with Gasteiger partial charge in [-0.1, -0.05) is 24.3 Å². The number of hydrogen-bond donors (Lipinski definition) is 3. The van der Waals surface area contributed by atoms with Crippen LogP contribution in [0.25, 0.3) is 10.8 Å². The SMILES string of the molecule is NCCNc1ccc(/N=N/c2ccc(S(N)(=O)=O)cc2)c2ccccc12. The average Bonchev–Trinajstić information content (AvgIpc) is 2.64. The summed E-state index contributed by atoms with van der Waals surface area (Å²) < 4.78 is 22.6. The molecule has 0 unspecified atom stereocenters. The van der Waals surface area contributed by atoms with Gasteiger partial charge in [0.2, 0.25) is 10.0 Å². The highest BCUT2D eigenvalue weighted by atomic mass is 32.2. The first-order valence-corrected chi connectivity index (χ1v) is 9.54. The summed E-state index contributed by atoms with van der Waals surface area (Å²) in [4.78, 5) is 0.0391. The molecule has 3 rings (SSSR count). The maximum absolute atomic E-state index is 11.3. The average molecular weight is 369 g/mol. The number of benzene rings is 3. The third-order valence-corrected chi connectivity index (χ3v) is 4.73. The van der Waals surface area contributed by atoms with Crippen LogP contribution >= 0.6 is 0 Å². The molecule has 0 amide bonds. The van der Waals surface area contributed by atoms with E-state index in [1.54, 1.807) is 12.1 Å². The van der Waals surface area contributed by atoms with Crippen LogP contribution in [0, 0.1) is 0 Å². The molecule has 0 heterocycles. The van der Waals surface area contributed by atoms with E-state index < -0.39 is 10.0 Å². The number of azo groups is 1. The maximum Gasteiger partial charge on any atom is 0.238 e. The zero-order chi connectivity index (χ0) is 18.6. The summed E-state index contributed by atoms with van der Waals surface area (Å²) in [7, 11) is -3.72. The minimum atomic E-state index is -3.72. The number of primary sulfonamides is 1. The Balaban J connectivity index is 1.92. The Bertz CT molecular complexity index is 1050. The summed E-state index contributed by atoms with van der Waals surface area (Å²) in [5, 5.41) is 18.9. The number of sulfonamides is 1. The van der Waals surface area contributed by atoms with E-state index in [-0.39, 0.29) is 4.90 Å². The standard InChI is InChI=1S/C18H19N5O2S/c19-11-12-21-17-9-10-18(16-4-2-1-3-15(16)17)23-22-13-5-7-14(8-6-13)26(20,24)25/h1-10,21H,11-12,19H2,(H2,20,24,25)/b23-22+. The molecule has 134 valence electrons. The van der Waals surface area contributed by atoms with Crippen LogP contribution in [-0.2, 0) is 10.0 Å². The molecule has 8 heteroatoms. The Morgan fingerprint density at radius 2 is 1.58 bits per heavy atom. The molecule has 3 aromatic carbocycles. The summed E-state index contributed by atoms with van der Waals surface area (Å²) >= 11 is 0. The number of nitrogens with two attached hydrogens (primary N) is 2. The van der Waals surface area contributed by atoms with Crippen LogP contribution in [-0.4, -0.2) is 21.5 Å². The first kappa shape index (κ1) is 18.0. The molecule has 0 aliphatic rings. The van der Waals surface area contributed by atoms with Crippen LogP contribution in [0.15, 0.2) is 75.8 Å². The van der Waals surface area contributed by atoms with E-state index >= 15 is 0 Å². The third-order valence-electron chi connectivity index (χ3n) is 3.80. The van der Waals surface area contributed by atoms with Gasteiger partial charge < -0.3 is 11.1 Å². The summed E-state index contributed by atoms with van der Waals surface area (Å²) in [6.45, 7) is 1.23. The van der Waals surface area contributed by atoms with E-state index in [4.69, 9.17) is 10.9 Å². The molecule has 0 aliphatic carbocycles. The Kier molecular flexibility index (Phi) is 5.27. The molecule has 7 nitrogen and oxygen atoms in total. The molecule has 0 saturated carbocycles. The number of rotatable bonds is 6. The Morgan fingerprint density at radius 3 is 2.23 bits per heavy atom. The van der Waals surface area contributed by atoms with Crippen molar-refractivity contribution < 1.29 is 8.42 Å². The fraction of sp³-hybridized carbons (Fsp3) is 0.111. The van der Waals surface area contributed by atoms with Crippen molar-refractivity contribution in [3.63, 3.8) is 0 Å². The minimum absolute atomic E-state index is 0.0391. The molecule has 0 spiro atoms. The summed E-state index contributed by atoms with van der Waals surface area (Å²) in [6.07, 6.45) is 0. The van der Waals surface area contributed by atoms with Crippen LogP contribution in [0.1, 0.15) is 0 Å². The van der Waals surface area contributed by atoms with Gasteiger partial charge in [0.15, 0.2) is 0 Å². The highest BCUT2D eigenvalue weighted by Gasteiger charge is 2.07. The second-order valence-electron chi connectivity index (χ2n) is 5.63. The number of hydrogen-bond acceptors (Lipinski definition) is 6. The molecule has 5 N–H and O–H groups in total. The fourth-order valence-corrected chi connectivity index (χ4v) is 3.06. The monoisotopic (exact) mass is 369 g/mol. The maximum atomic E-state index is 11.3. The lowest BCUT2D eigenvalue weighted by Crippen LogP contribution is -2.13. The van der Waals surface area contributed by atoms with Crippen LogP contribution in [0.2, 0.25) is 0 Å². The highest BCUT2D eigenvalue weighted by Crippen LogP contribution is 2.32. The predicted octanol–water partition coefficient (Wildman–Crippen LogP) is 3.27. The highest BCUT2D eigenvalue weighted by molar-refractivity contribution is 7.89. The molecule has 0 atom stereocenters. The van der Waals surface area contributed by atoms with Crippen molar-refractivity contribution in [2.75, 3.05) is 18.4 Å². The molecule has 0 aromatic heterocycles. The second kappa shape index (κ2) is 7.61. The summed E-state index contributed by atoms with van der Waals surface area (Å²) in [6, 6.07) is 17.6. The summed E-state index contributed by atoms with van der Waals surface area (Å²) in [5.74, 6) is 0. The molecule has 3 aromatic rings. The number of anilines is 1. The molecule has 0 bridgehead atoms.